The van der Waals surface area contributed by atoms with Crippen LogP contribution in [0.4, 0.5) is 0 Å². The highest BCUT2D eigenvalue weighted by Crippen LogP contribution is 2.31. The predicted molar refractivity (Wildman–Crippen MR) is 80.7 cm³/mol. The third kappa shape index (κ3) is 2.44. The van der Waals surface area contributed by atoms with Gasteiger partial charge in [-0.25, -0.2) is 0 Å². The van der Waals surface area contributed by atoms with E-state index in [2.05, 4.69) is 54.7 Å². The Morgan fingerprint density at radius 3 is 2.85 bits per heavy atom. The van der Waals surface area contributed by atoms with Gasteiger partial charge in [-0.3, -0.25) is 5.32 Å². The molecule has 106 valence electrons. The second-order valence-corrected chi connectivity index (χ2v) is 5.18. The average molecular weight is 271 g/mol. The van der Waals surface area contributed by atoms with Crippen molar-refractivity contribution in [1.29, 1.82) is 0 Å². The van der Waals surface area contributed by atoms with Crippen molar-refractivity contribution in [3.63, 3.8) is 0 Å². The fourth-order valence-corrected chi connectivity index (χ4v) is 2.79. The summed E-state index contributed by atoms with van der Waals surface area (Å²) in [6, 6.07) is 14.8. The van der Waals surface area contributed by atoms with Gasteiger partial charge in [-0.15, -0.1) is 0 Å². The molecule has 3 nitrogen and oxygen atoms in total. The number of hydrogen-bond donors (Lipinski definition) is 1. The Bertz CT molecular complexity index is 571. The highest BCUT2D eigenvalue weighted by Gasteiger charge is 2.36. The largest absolute Gasteiger partial charge is 0.375 e. The van der Waals surface area contributed by atoms with E-state index in [4.69, 9.17) is 9.47 Å². The first-order chi connectivity index (χ1) is 9.86. The molecule has 0 aromatic heterocycles. The highest BCUT2D eigenvalue weighted by atomic mass is 16.6. The second-order valence-electron chi connectivity index (χ2n) is 5.18. The Morgan fingerprint density at radius 1 is 1.20 bits per heavy atom. The molecule has 20 heavy (non-hydrogen) atoms. The van der Waals surface area contributed by atoms with Crippen LogP contribution in [0.25, 0.3) is 10.8 Å². The van der Waals surface area contributed by atoms with E-state index in [0.717, 1.165) is 26.2 Å². The lowest BCUT2D eigenvalue weighted by Crippen LogP contribution is -2.53. The van der Waals surface area contributed by atoms with Gasteiger partial charge in [-0.1, -0.05) is 49.4 Å². The Labute approximate surface area is 119 Å². The molecule has 0 radical (unpaired) electrons. The fraction of sp³-hybridized carbons (Fsp3) is 0.412. The first-order valence-corrected chi connectivity index (χ1v) is 7.31. The summed E-state index contributed by atoms with van der Waals surface area (Å²) in [7, 11) is 0. The number of benzene rings is 2. The zero-order valence-electron chi connectivity index (χ0n) is 11.9. The van der Waals surface area contributed by atoms with Gasteiger partial charge in [-0.05, 0) is 17.2 Å². The third-order valence-electron chi connectivity index (χ3n) is 3.74. The van der Waals surface area contributed by atoms with E-state index in [1.54, 1.807) is 0 Å². The van der Waals surface area contributed by atoms with E-state index >= 15 is 0 Å². The van der Waals surface area contributed by atoms with Crippen LogP contribution in [0.15, 0.2) is 42.5 Å². The van der Waals surface area contributed by atoms with Crippen molar-refractivity contribution in [2.45, 2.75) is 19.1 Å². The summed E-state index contributed by atoms with van der Waals surface area (Å²) in [5, 5.41) is 5.99. The Hall–Kier alpha value is -1.42. The Balaban J connectivity index is 2.08. The highest BCUT2D eigenvalue weighted by molar-refractivity contribution is 5.86. The minimum absolute atomic E-state index is 0.519. The zero-order chi connectivity index (χ0) is 13.8. The summed E-state index contributed by atoms with van der Waals surface area (Å²) in [6.07, 6.45) is 0.994. The van der Waals surface area contributed by atoms with Crippen molar-refractivity contribution in [3.05, 3.63) is 48.0 Å². The van der Waals surface area contributed by atoms with Gasteiger partial charge < -0.3 is 9.47 Å². The van der Waals surface area contributed by atoms with Crippen LogP contribution in [0.1, 0.15) is 18.9 Å². The lowest BCUT2D eigenvalue weighted by Gasteiger charge is -2.39. The van der Waals surface area contributed by atoms with E-state index < -0.39 is 5.72 Å². The SMILES string of the molecule is CCCOC1(c2cccc3ccccc23)COCCN1. The molecule has 0 spiro atoms. The maximum atomic E-state index is 6.18. The summed E-state index contributed by atoms with van der Waals surface area (Å²) in [5.41, 5.74) is 0.651. The molecule has 0 amide bonds. The van der Waals surface area contributed by atoms with Crippen LogP contribution in [0, 0.1) is 0 Å². The van der Waals surface area contributed by atoms with Gasteiger partial charge in [0.2, 0.25) is 0 Å². The lowest BCUT2D eigenvalue weighted by atomic mass is 9.95. The van der Waals surface area contributed by atoms with Crippen LogP contribution >= 0.6 is 0 Å². The predicted octanol–water partition coefficient (Wildman–Crippen LogP) is 3.04. The van der Waals surface area contributed by atoms with E-state index in [0.29, 0.717) is 6.61 Å². The molecule has 0 saturated carbocycles. The average Bonchev–Trinajstić information content (AvgIpc) is 2.53. The Kier molecular flexibility index (Phi) is 4.01. The minimum Gasteiger partial charge on any atom is -0.375 e. The number of nitrogens with one attached hydrogen (secondary N) is 1. The van der Waals surface area contributed by atoms with Crippen molar-refractivity contribution in [2.75, 3.05) is 26.4 Å². The smallest absolute Gasteiger partial charge is 0.169 e. The molecule has 2 aromatic carbocycles. The van der Waals surface area contributed by atoms with Crippen molar-refractivity contribution in [2.24, 2.45) is 0 Å². The van der Waals surface area contributed by atoms with Crippen LogP contribution in [-0.4, -0.2) is 26.4 Å². The van der Waals surface area contributed by atoms with Crippen LogP contribution < -0.4 is 5.32 Å². The van der Waals surface area contributed by atoms with Crippen molar-refractivity contribution < 1.29 is 9.47 Å². The molecule has 1 atom stereocenters. The summed E-state index contributed by atoms with van der Waals surface area (Å²) in [4.78, 5) is 0. The molecule has 0 bridgehead atoms. The van der Waals surface area contributed by atoms with Crippen LogP contribution in [0.2, 0.25) is 0 Å². The zero-order valence-corrected chi connectivity index (χ0v) is 11.9. The normalized spacial score (nSPS) is 23.1. The molecule has 1 heterocycles. The van der Waals surface area contributed by atoms with Crippen LogP contribution in [-0.2, 0) is 15.2 Å². The molecule has 1 fully saturated rings. The van der Waals surface area contributed by atoms with Crippen LogP contribution in [0.3, 0.4) is 0 Å². The number of rotatable bonds is 4. The molecular formula is C17H21NO2. The van der Waals surface area contributed by atoms with Gasteiger partial charge in [0.15, 0.2) is 5.72 Å². The van der Waals surface area contributed by atoms with Gasteiger partial charge >= 0.3 is 0 Å². The van der Waals surface area contributed by atoms with Gasteiger partial charge in [0.1, 0.15) is 0 Å². The lowest BCUT2D eigenvalue weighted by molar-refractivity contribution is -0.148. The molecule has 2 aromatic rings. The van der Waals surface area contributed by atoms with Crippen molar-refractivity contribution in [3.8, 4) is 0 Å². The van der Waals surface area contributed by atoms with E-state index in [9.17, 15) is 0 Å². The molecule has 3 rings (SSSR count). The second kappa shape index (κ2) is 5.92. The summed E-state index contributed by atoms with van der Waals surface area (Å²) < 4.78 is 11.9. The van der Waals surface area contributed by atoms with Gasteiger partial charge in [-0.2, -0.15) is 0 Å². The van der Waals surface area contributed by atoms with Gasteiger partial charge in [0.05, 0.1) is 13.2 Å². The molecule has 1 unspecified atom stereocenters. The monoisotopic (exact) mass is 271 g/mol. The summed E-state index contributed by atoms with van der Waals surface area (Å²) >= 11 is 0. The standard InChI is InChI=1S/C17H21NO2/c1-2-11-20-17(13-19-12-10-18-17)16-9-5-7-14-6-3-4-8-15(14)16/h3-9,18H,2,10-13H2,1H3. The molecule has 1 N–H and O–H groups in total. The minimum atomic E-state index is -0.519. The van der Waals surface area contributed by atoms with Crippen LogP contribution in [0.5, 0.6) is 0 Å². The van der Waals surface area contributed by atoms with E-state index in [1.165, 1.54) is 16.3 Å². The number of ether oxygens (including phenoxy) is 2. The molecular weight excluding hydrogens is 250 g/mol. The van der Waals surface area contributed by atoms with Crippen molar-refractivity contribution in [1.82, 2.24) is 5.32 Å². The Morgan fingerprint density at radius 2 is 2.05 bits per heavy atom. The maximum Gasteiger partial charge on any atom is 0.169 e. The number of morpholine rings is 1. The number of hydrogen-bond acceptors (Lipinski definition) is 3. The topological polar surface area (TPSA) is 30.5 Å². The third-order valence-corrected chi connectivity index (χ3v) is 3.74. The molecule has 1 aliphatic rings. The quantitative estimate of drug-likeness (QED) is 0.927. The van der Waals surface area contributed by atoms with E-state index in [1.807, 2.05) is 0 Å². The first kappa shape index (κ1) is 13.6. The van der Waals surface area contributed by atoms with E-state index in [-0.39, 0.29) is 0 Å². The molecule has 0 aliphatic carbocycles. The molecule has 1 saturated heterocycles. The molecule has 3 heteroatoms. The van der Waals surface area contributed by atoms with Crippen molar-refractivity contribution >= 4 is 10.8 Å². The van der Waals surface area contributed by atoms with Gasteiger partial charge in [0, 0.05) is 18.7 Å². The molecule has 1 aliphatic heterocycles. The summed E-state index contributed by atoms with van der Waals surface area (Å²) in [6.45, 7) is 4.95. The fourth-order valence-electron chi connectivity index (χ4n) is 2.79. The van der Waals surface area contributed by atoms with Gasteiger partial charge in [0.25, 0.3) is 0 Å². The maximum absolute atomic E-state index is 6.18. The summed E-state index contributed by atoms with van der Waals surface area (Å²) in [5.74, 6) is 0. The number of fused-ring (bicyclic) bond motifs is 1. The first-order valence-electron chi connectivity index (χ1n) is 7.31.